The SMILES string of the molecule is CCCNCC(O)Cc1nc2ccccc2n1C. The lowest BCUT2D eigenvalue weighted by atomic mass is 10.2. The number of hydrogen-bond acceptors (Lipinski definition) is 3. The molecule has 0 saturated heterocycles. The Bertz CT molecular complexity index is 507. The lowest BCUT2D eigenvalue weighted by Gasteiger charge is -2.11. The molecule has 0 saturated carbocycles. The first kappa shape index (κ1) is 13.1. The normalized spacial score (nSPS) is 13.1. The van der Waals surface area contributed by atoms with Crippen molar-refractivity contribution in [2.75, 3.05) is 13.1 Å². The quantitative estimate of drug-likeness (QED) is 0.760. The molecule has 1 atom stereocenters. The highest BCUT2D eigenvalue weighted by molar-refractivity contribution is 5.75. The van der Waals surface area contributed by atoms with Crippen LogP contribution in [0.3, 0.4) is 0 Å². The molecule has 4 nitrogen and oxygen atoms in total. The molecule has 0 spiro atoms. The van der Waals surface area contributed by atoms with Crippen molar-refractivity contribution in [2.45, 2.75) is 25.9 Å². The van der Waals surface area contributed by atoms with Gasteiger partial charge in [-0.05, 0) is 25.1 Å². The highest BCUT2D eigenvalue weighted by Crippen LogP contribution is 2.15. The van der Waals surface area contributed by atoms with Crippen LogP contribution in [0.15, 0.2) is 24.3 Å². The Morgan fingerprint density at radius 2 is 2.17 bits per heavy atom. The van der Waals surface area contributed by atoms with Crippen molar-refractivity contribution in [3.05, 3.63) is 30.1 Å². The topological polar surface area (TPSA) is 50.1 Å². The Balaban J connectivity index is 2.05. The third-order valence-corrected chi connectivity index (χ3v) is 3.10. The van der Waals surface area contributed by atoms with Gasteiger partial charge in [-0.2, -0.15) is 0 Å². The molecule has 0 fully saturated rings. The largest absolute Gasteiger partial charge is 0.391 e. The third kappa shape index (κ3) is 2.89. The van der Waals surface area contributed by atoms with E-state index in [1.54, 1.807) is 0 Å². The molecule has 2 N–H and O–H groups in total. The van der Waals surface area contributed by atoms with Crippen molar-refractivity contribution >= 4 is 11.0 Å². The fourth-order valence-corrected chi connectivity index (χ4v) is 2.11. The highest BCUT2D eigenvalue weighted by atomic mass is 16.3. The third-order valence-electron chi connectivity index (χ3n) is 3.10. The van der Waals surface area contributed by atoms with Crippen LogP contribution in [0.1, 0.15) is 19.2 Å². The van der Waals surface area contributed by atoms with Crippen molar-refractivity contribution in [3.63, 3.8) is 0 Å². The van der Waals surface area contributed by atoms with Crippen LogP contribution in [0, 0.1) is 0 Å². The van der Waals surface area contributed by atoms with Gasteiger partial charge < -0.3 is 15.0 Å². The molecule has 1 heterocycles. The number of para-hydroxylation sites is 2. The van der Waals surface area contributed by atoms with E-state index >= 15 is 0 Å². The maximum atomic E-state index is 9.96. The molecule has 0 radical (unpaired) electrons. The first-order valence-electron chi connectivity index (χ1n) is 6.51. The molecule has 2 rings (SSSR count). The summed E-state index contributed by atoms with van der Waals surface area (Å²) in [7, 11) is 2.00. The molecule has 1 aromatic carbocycles. The van der Waals surface area contributed by atoms with Gasteiger partial charge in [-0.15, -0.1) is 0 Å². The van der Waals surface area contributed by atoms with Crippen molar-refractivity contribution in [1.29, 1.82) is 0 Å². The summed E-state index contributed by atoms with van der Waals surface area (Å²) in [6.07, 6.45) is 1.29. The van der Waals surface area contributed by atoms with Crippen molar-refractivity contribution in [2.24, 2.45) is 7.05 Å². The summed E-state index contributed by atoms with van der Waals surface area (Å²) in [6.45, 7) is 3.68. The molecule has 18 heavy (non-hydrogen) atoms. The number of aliphatic hydroxyl groups is 1. The molecule has 0 aliphatic carbocycles. The lowest BCUT2D eigenvalue weighted by molar-refractivity contribution is 0.169. The number of aliphatic hydroxyl groups excluding tert-OH is 1. The molecule has 98 valence electrons. The number of nitrogens with zero attached hydrogens (tertiary/aromatic N) is 2. The van der Waals surface area contributed by atoms with Crippen molar-refractivity contribution in [1.82, 2.24) is 14.9 Å². The number of hydrogen-bond donors (Lipinski definition) is 2. The summed E-state index contributed by atoms with van der Waals surface area (Å²) >= 11 is 0. The van der Waals surface area contributed by atoms with E-state index in [4.69, 9.17) is 0 Å². The van der Waals surface area contributed by atoms with Crippen molar-refractivity contribution in [3.8, 4) is 0 Å². The van der Waals surface area contributed by atoms with Crippen LogP contribution in [-0.4, -0.2) is 33.9 Å². The van der Waals surface area contributed by atoms with Gasteiger partial charge in [0.05, 0.1) is 17.1 Å². The van der Waals surface area contributed by atoms with E-state index in [2.05, 4.69) is 21.8 Å². The summed E-state index contributed by atoms with van der Waals surface area (Å²) in [5.74, 6) is 0.932. The maximum Gasteiger partial charge on any atom is 0.112 e. The summed E-state index contributed by atoms with van der Waals surface area (Å²) < 4.78 is 2.05. The second-order valence-electron chi connectivity index (χ2n) is 4.64. The Labute approximate surface area is 108 Å². The van der Waals surface area contributed by atoms with Gasteiger partial charge in [0, 0.05) is 20.0 Å². The zero-order valence-corrected chi connectivity index (χ0v) is 11.1. The fourth-order valence-electron chi connectivity index (χ4n) is 2.11. The minimum atomic E-state index is -0.382. The standard InChI is InChI=1S/C14H21N3O/c1-3-8-15-10-11(18)9-14-16-12-6-4-5-7-13(12)17(14)2/h4-7,11,15,18H,3,8-10H2,1-2H3. The smallest absolute Gasteiger partial charge is 0.112 e. The minimum Gasteiger partial charge on any atom is -0.391 e. The van der Waals surface area contributed by atoms with E-state index in [1.165, 1.54) is 0 Å². The van der Waals surface area contributed by atoms with E-state index in [0.29, 0.717) is 13.0 Å². The molecular weight excluding hydrogens is 226 g/mol. The Hall–Kier alpha value is -1.39. The second kappa shape index (κ2) is 5.98. The Morgan fingerprint density at radius 1 is 1.39 bits per heavy atom. The molecular formula is C14H21N3O. The van der Waals surface area contributed by atoms with Crippen LogP contribution < -0.4 is 5.32 Å². The lowest BCUT2D eigenvalue weighted by Crippen LogP contribution is -2.29. The Morgan fingerprint density at radius 3 is 2.89 bits per heavy atom. The molecule has 0 aliphatic rings. The average molecular weight is 247 g/mol. The maximum absolute atomic E-state index is 9.96. The van der Waals surface area contributed by atoms with Crippen molar-refractivity contribution < 1.29 is 5.11 Å². The number of benzene rings is 1. The van der Waals surface area contributed by atoms with E-state index in [1.807, 2.05) is 31.3 Å². The average Bonchev–Trinajstić information content (AvgIpc) is 2.67. The van der Waals surface area contributed by atoms with Gasteiger partial charge in [0.15, 0.2) is 0 Å². The van der Waals surface area contributed by atoms with Crippen LogP contribution in [0.4, 0.5) is 0 Å². The number of rotatable bonds is 6. The second-order valence-corrected chi connectivity index (χ2v) is 4.64. The summed E-state index contributed by atoms with van der Waals surface area (Å²) in [5, 5.41) is 13.2. The number of fused-ring (bicyclic) bond motifs is 1. The van der Waals surface area contributed by atoms with E-state index < -0.39 is 0 Å². The van der Waals surface area contributed by atoms with Gasteiger partial charge in [0.25, 0.3) is 0 Å². The van der Waals surface area contributed by atoms with Crippen LogP contribution in [-0.2, 0) is 13.5 Å². The van der Waals surface area contributed by atoms with Crippen LogP contribution in [0.5, 0.6) is 0 Å². The number of aryl methyl sites for hydroxylation is 1. The molecule has 2 aromatic rings. The van der Waals surface area contributed by atoms with E-state index in [-0.39, 0.29) is 6.10 Å². The summed E-state index contributed by atoms with van der Waals surface area (Å²) in [4.78, 5) is 4.56. The molecule has 0 aliphatic heterocycles. The predicted molar refractivity (Wildman–Crippen MR) is 73.6 cm³/mol. The van der Waals surface area contributed by atoms with Gasteiger partial charge in [-0.3, -0.25) is 0 Å². The highest BCUT2D eigenvalue weighted by Gasteiger charge is 2.11. The zero-order valence-electron chi connectivity index (χ0n) is 11.1. The van der Waals surface area contributed by atoms with Gasteiger partial charge in [0.2, 0.25) is 0 Å². The van der Waals surface area contributed by atoms with Gasteiger partial charge >= 0.3 is 0 Å². The van der Waals surface area contributed by atoms with Crippen LogP contribution >= 0.6 is 0 Å². The van der Waals surface area contributed by atoms with Gasteiger partial charge in [0.1, 0.15) is 5.82 Å². The zero-order chi connectivity index (χ0) is 13.0. The number of imidazole rings is 1. The molecule has 0 bridgehead atoms. The minimum absolute atomic E-state index is 0.382. The summed E-state index contributed by atoms with van der Waals surface area (Å²) in [6, 6.07) is 8.04. The summed E-state index contributed by atoms with van der Waals surface area (Å²) in [5.41, 5.74) is 2.10. The van der Waals surface area contributed by atoms with Crippen LogP contribution in [0.25, 0.3) is 11.0 Å². The number of aromatic nitrogens is 2. The van der Waals surface area contributed by atoms with Crippen LogP contribution in [0.2, 0.25) is 0 Å². The monoisotopic (exact) mass is 247 g/mol. The van der Waals surface area contributed by atoms with E-state index in [0.717, 1.165) is 29.8 Å². The van der Waals surface area contributed by atoms with Gasteiger partial charge in [-0.25, -0.2) is 4.98 Å². The fraction of sp³-hybridized carbons (Fsp3) is 0.500. The first-order valence-corrected chi connectivity index (χ1v) is 6.51. The predicted octanol–water partition coefficient (Wildman–Crippen LogP) is 1.48. The van der Waals surface area contributed by atoms with E-state index in [9.17, 15) is 5.11 Å². The molecule has 4 heteroatoms. The Kier molecular flexibility index (Phi) is 4.33. The van der Waals surface area contributed by atoms with Gasteiger partial charge in [-0.1, -0.05) is 19.1 Å². The molecule has 0 amide bonds. The first-order chi connectivity index (χ1) is 8.72. The number of nitrogens with one attached hydrogen (secondary N) is 1. The molecule has 1 aromatic heterocycles. The molecule has 1 unspecified atom stereocenters.